The second-order valence-corrected chi connectivity index (χ2v) is 16.1. The van der Waals surface area contributed by atoms with Gasteiger partial charge in [0.1, 0.15) is 17.9 Å². The van der Waals surface area contributed by atoms with E-state index in [0.29, 0.717) is 44.9 Å². The summed E-state index contributed by atoms with van der Waals surface area (Å²) in [6.45, 7) is 3.69. The lowest BCUT2D eigenvalue weighted by molar-refractivity contribution is -0.136. The van der Waals surface area contributed by atoms with E-state index in [0.717, 1.165) is 93.8 Å². The number of carbonyl (C=O) groups excluding carboxylic acids is 5. The number of hydrogen-bond donors (Lipinski definition) is 2. The Morgan fingerprint density at radius 3 is 2.00 bits per heavy atom. The zero-order valence-corrected chi connectivity index (χ0v) is 31.9. The zero-order valence-electron chi connectivity index (χ0n) is 31.2. The number of fused-ring (bicyclic) bond motifs is 1. The van der Waals surface area contributed by atoms with Gasteiger partial charge in [0.15, 0.2) is 0 Å². The van der Waals surface area contributed by atoms with Gasteiger partial charge in [0, 0.05) is 61.6 Å². The average Bonchev–Trinajstić information content (AvgIpc) is 3.46. The lowest BCUT2D eigenvalue weighted by atomic mass is 9.78. The maximum Gasteiger partial charge on any atom is 0.262 e. The van der Waals surface area contributed by atoms with Gasteiger partial charge in [-0.05, 0) is 124 Å². The molecule has 0 bridgehead atoms. The van der Waals surface area contributed by atoms with Crippen LogP contribution in [0, 0.1) is 23.2 Å². The molecule has 0 radical (unpaired) electrons. The first-order chi connectivity index (χ1) is 27.1. The number of ether oxygens (including phenoxy) is 1. The molecule has 2 N–H and O–H groups in total. The fraction of sp³-hybridized carbons (Fsp3) is 0.442. The minimum Gasteiger partial charge on any atom is -0.490 e. The highest BCUT2D eigenvalue weighted by atomic mass is 35.5. The van der Waals surface area contributed by atoms with E-state index in [1.165, 1.54) is 0 Å². The Morgan fingerprint density at radius 1 is 0.750 bits per heavy atom. The Kier molecular flexibility index (Phi) is 10.7. The fourth-order valence-corrected chi connectivity index (χ4v) is 9.40. The van der Waals surface area contributed by atoms with Crippen molar-refractivity contribution in [2.24, 2.45) is 11.8 Å². The van der Waals surface area contributed by atoms with Crippen LogP contribution in [0.5, 0.6) is 5.75 Å². The maximum atomic E-state index is 13.3. The molecule has 3 aromatic carbocycles. The van der Waals surface area contributed by atoms with Crippen molar-refractivity contribution in [1.82, 2.24) is 15.5 Å². The highest BCUT2D eigenvalue weighted by molar-refractivity contribution is 6.31. The van der Waals surface area contributed by atoms with E-state index in [2.05, 4.69) is 38.6 Å². The number of nitrogens with zero attached hydrogens (tertiary/aromatic N) is 4. The summed E-state index contributed by atoms with van der Waals surface area (Å²) in [6.07, 6.45) is 7.93. The molecule has 1 atom stereocenters. The van der Waals surface area contributed by atoms with Crippen molar-refractivity contribution in [3.05, 3.63) is 87.9 Å². The summed E-state index contributed by atoms with van der Waals surface area (Å²) in [5, 5.41) is 14.9. The SMILES string of the molecule is N#Cc1ccc(O[C@H]2CC[C@H](NC(=O)c3ccc(N4CCC(C5CCN(c6ccc7c(c6)C(=O)N(C6CCC(=O)NC6=O)C7=O)CC5)CC4)cc3)CC2)cc1Cl. The first-order valence-electron chi connectivity index (χ1n) is 19.8. The first kappa shape index (κ1) is 37.5. The average molecular weight is 777 g/mol. The number of benzene rings is 3. The predicted molar refractivity (Wildman–Crippen MR) is 210 cm³/mol. The topological polar surface area (TPSA) is 152 Å². The molecule has 8 rings (SSSR count). The third-order valence-corrected chi connectivity index (χ3v) is 12.7. The van der Waals surface area contributed by atoms with E-state index in [1.807, 2.05) is 18.2 Å². The summed E-state index contributed by atoms with van der Waals surface area (Å²) in [7, 11) is 0. The van der Waals surface area contributed by atoms with Crippen LogP contribution in [0.3, 0.4) is 0 Å². The molecule has 4 fully saturated rings. The molecule has 5 amide bonds. The van der Waals surface area contributed by atoms with E-state index in [1.54, 1.807) is 30.3 Å². The predicted octanol–water partition coefficient (Wildman–Crippen LogP) is 5.87. The number of imide groups is 2. The molecule has 0 aromatic heterocycles. The minimum absolute atomic E-state index is 0.0453. The largest absolute Gasteiger partial charge is 0.490 e. The summed E-state index contributed by atoms with van der Waals surface area (Å²) in [5.74, 6) is -0.0904. The van der Waals surface area contributed by atoms with Crippen molar-refractivity contribution >= 4 is 52.5 Å². The van der Waals surface area contributed by atoms with Gasteiger partial charge < -0.3 is 19.9 Å². The molecule has 5 aliphatic rings. The van der Waals surface area contributed by atoms with Crippen LogP contribution in [0.25, 0.3) is 0 Å². The molecule has 1 unspecified atom stereocenters. The van der Waals surface area contributed by atoms with Gasteiger partial charge in [-0.1, -0.05) is 11.6 Å². The molecule has 4 heterocycles. The van der Waals surface area contributed by atoms with Gasteiger partial charge in [-0.2, -0.15) is 5.26 Å². The number of amides is 5. The number of carbonyl (C=O) groups is 5. The summed E-state index contributed by atoms with van der Waals surface area (Å²) < 4.78 is 6.10. The maximum absolute atomic E-state index is 13.3. The van der Waals surface area contributed by atoms with Gasteiger partial charge in [-0.3, -0.25) is 34.2 Å². The quantitative estimate of drug-likeness (QED) is 0.268. The third kappa shape index (κ3) is 7.69. The molecule has 3 aromatic rings. The molecule has 0 spiro atoms. The molecule has 56 heavy (non-hydrogen) atoms. The smallest absolute Gasteiger partial charge is 0.262 e. The second-order valence-electron chi connectivity index (χ2n) is 15.7. The van der Waals surface area contributed by atoms with Crippen LogP contribution < -0.4 is 25.2 Å². The van der Waals surface area contributed by atoms with Crippen LogP contribution in [0.15, 0.2) is 60.7 Å². The molecule has 12 nitrogen and oxygen atoms in total. The van der Waals surface area contributed by atoms with Crippen molar-refractivity contribution in [2.45, 2.75) is 82.4 Å². The number of rotatable bonds is 8. The molecule has 1 saturated carbocycles. The van der Waals surface area contributed by atoms with Crippen LogP contribution in [-0.2, 0) is 9.59 Å². The molecule has 1 aliphatic carbocycles. The summed E-state index contributed by atoms with van der Waals surface area (Å²) in [6, 6.07) is 19.6. The molecule has 3 saturated heterocycles. The van der Waals surface area contributed by atoms with E-state index >= 15 is 0 Å². The first-order valence-corrected chi connectivity index (χ1v) is 20.2. The molecule has 290 valence electrons. The fourth-order valence-electron chi connectivity index (χ4n) is 9.18. The highest BCUT2D eigenvalue weighted by Crippen LogP contribution is 2.37. The number of nitrogens with one attached hydrogen (secondary N) is 2. The van der Waals surface area contributed by atoms with E-state index in [-0.39, 0.29) is 36.8 Å². The van der Waals surface area contributed by atoms with Crippen LogP contribution in [0.2, 0.25) is 5.02 Å². The van der Waals surface area contributed by atoms with Crippen molar-refractivity contribution in [3.8, 4) is 11.8 Å². The van der Waals surface area contributed by atoms with Crippen molar-refractivity contribution in [2.75, 3.05) is 36.0 Å². The van der Waals surface area contributed by atoms with Gasteiger partial charge in [-0.25, -0.2) is 0 Å². The van der Waals surface area contributed by atoms with Crippen LogP contribution in [-0.4, -0.2) is 78.8 Å². The Bertz CT molecular complexity index is 2080. The molecular formula is C43H45ClN6O6. The van der Waals surface area contributed by atoms with Crippen molar-refractivity contribution in [3.63, 3.8) is 0 Å². The van der Waals surface area contributed by atoms with Gasteiger partial charge in [0.25, 0.3) is 17.7 Å². The molecule has 13 heteroatoms. The Labute approximate surface area is 331 Å². The second kappa shape index (κ2) is 16.0. The Morgan fingerprint density at radius 2 is 1.38 bits per heavy atom. The standard InChI is InChI=1S/C43H45ClN6O6/c44-37-24-34(9-3-29(37)25-45)56-33-10-4-30(5-11-33)46-40(52)28-1-6-31(7-2-28)48-19-15-26(16-20-48)27-17-21-49(22-18-27)32-8-12-35-36(23-32)43(55)50(42(35)54)38-13-14-39(51)47-41(38)53/h1-3,6-9,12,23-24,26-27,30,33,38H,4-5,10-11,13-22H2,(H,46,52)(H,47,51,53)/t30-,33-,38?. The van der Waals surface area contributed by atoms with E-state index < -0.39 is 23.8 Å². The van der Waals surface area contributed by atoms with Crippen LogP contribution >= 0.6 is 11.6 Å². The Balaban J connectivity index is 0.772. The lowest BCUT2D eigenvalue weighted by Crippen LogP contribution is -2.54. The van der Waals surface area contributed by atoms with Crippen LogP contribution in [0.1, 0.15) is 101 Å². The van der Waals surface area contributed by atoms with Crippen LogP contribution in [0.4, 0.5) is 11.4 Å². The summed E-state index contributed by atoms with van der Waals surface area (Å²) in [5.41, 5.74) is 3.75. The van der Waals surface area contributed by atoms with E-state index in [4.69, 9.17) is 21.6 Å². The lowest BCUT2D eigenvalue weighted by Gasteiger charge is -2.41. The number of halogens is 1. The third-order valence-electron chi connectivity index (χ3n) is 12.4. The van der Waals surface area contributed by atoms with Gasteiger partial charge in [0.05, 0.1) is 27.8 Å². The normalized spacial score (nSPS) is 23.4. The Hall–Kier alpha value is -5.41. The monoisotopic (exact) mass is 776 g/mol. The van der Waals surface area contributed by atoms with Gasteiger partial charge in [0.2, 0.25) is 11.8 Å². The minimum atomic E-state index is -0.968. The molecular weight excluding hydrogens is 732 g/mol. The van der Waals surface area contributed by atoms with Gasteiger partial charge >= 0.3 is 0 Å². The van der Waals surface area contributed by atoms with Crippen molar-refractivity contribution < 1.29 is 28.7 Å². The van der Waals surface area contributed by atoms with E-state index in [9.17, 15) is 24.0 Å². The number of nitriles is 1. The number of piperidine rings is 3. The van der Waals surface area contributed by atoms with Gasteiger partial charge in [-0.15, -0.1) is 0 Å². The summed E-state index contributed by atoms with van der Waals surface area (Å²) >= 11 is 6.15. The number of anilines is 2. The zero-order chi connectivity index (χ0) is 38.9. The van der Waals surface area contributed by atoms with Crippen molar-refractivity contribution in [1.29, 1.82) is 5.26 Å². The highest BCUT2D eigenvalue weighted by Gasteiger charge is 2.45. The summed E-state index contributed by atoms with van der Waals surface area (Å²) in [4.78, 5) is 69.3. The molecule has 4 aliphatic heterocycles. The number of hydrogen-bond acceptors (Lipinski definition) is 9.